The first kappa shape index (κ1) is 21.9. The van der Waals surface area contributed by atoms with Crippen molar-refractivity contribution in [1.82, 2.24) is 5.32 Å². The predicted molar refractivity (Wildman–Crippen MR) is 112 cm³/mol. The van der Waals surface area contributed by atoms with E-state index in [4.69, 9.17) is 9.47 Å². The predicted octanol–water partition coefficient (Wildman–Crippen LogP) is 3.02. The first-order valence-corrected chi connectivity index (χ1v) is 11.5. The topological polar surface area (TPSA) is 84.9 Å². The van der Waals surface area contributed by atoms with Gasteiger partial charge in [-0.2, -0.15) is 0 Å². The Hall–Kier alpha value is -2.81. The van der Waals surface area contributed by atoms with Crippen LogP contribution in [0.2, 0.25) is 0 Å². The number of hydrogen-bond acceptors (Lipinski definition) is 5. The number of nitrogens with zero attached hydrogens (tertiary/aromatic N) is 1. The Balaban J connectivity index is 1.85. The van der Waals surface area contributed by atoms with Gasteiger partial charge in [0.15, 0.2) is 11.5 Å². The number of para-hydroxylation sites is 1. The van der Waals surface area contributed by atoms with Crippen LogP contribution in [0.1, 0.15) is 31.9 Å². The molecule has 0 fully saturated rings. The first-order chi connectivity index (χ1) is 14.2. The Kier molecular flexibility index (Phi) is 6.50. The molecular formula is C21H25FN2O5S. The van der Waals surface area contributed by atoms with Crippen LogP contribution in [0.4, 0.5) is 10.1 Å². The lowest BCUT2D eigenvalue weighted by Crippen LogP contribution is -2.50. The second-order valence-corrected chi connectivity index (χ2v) is 8.93. The van der Waals surface area contributed by atoms with E-state index < -0.39 is 33.8 Å². The molecular weight excluding hydrogens is 411 g/mol. The fraction of sp³-hybridized carbons (Fsp3) is 0.381. The molecule has 0 aromatic heterocycles. The fourth-order valence-electron chi connectivity index (χ4n) is 3.39. The summed E-state index contributed by atoms with van der Waals surface area (Å²) in [5.41, 5.74) is 0.619. The largest absolute Gasteiger partial charge is 0.486 e. The maximum absolute atomic E-state index is 14.4. The van der Waals surface area contributed by atoms with Crippen molar-refractivity contribution in [3.63, 3.8) is 0 Å². The SMILES string of the molecule is CC[C@@H](C(=O)N[C@H](C)c1ccc2c(c1)OCCO2)N(c1ccccc1F)S(C)(=O)=O. The van der Waals surface area contributed by atoms with Crippen LogP contribution in [0.5, 0.6) is 11.5 Å². The molecule has 0 saturated carbocycles. The Bertz CT molecular complexity index is 1030. The summed E-state index contributed by atoms with van der Waals surface area (Å²) < 4.78 is 51.2. The zero-order chi connectivity index (χ0) is 21.9. The molecule has 2 atom stereocenters. The van der Waals surface area contributed by atoms with E-state index in [1.54, 1.807) is 26.0 Å². The number of sulfonamides is 1. The summed E-state index contributed by atoms with van der Waals surface area (Å²) in [4.78, 5) is 13.0. The molecule has 2 aromatic rings. The van der Waals surface area contributed by atoms with Crippen molar-refractivity contribution < 1.29 is 27.1 Å². The van der Waals surface area contributed by atoms with E-state index >= 15 is 0 Å². The quantitative estimate of drug-likeness (QED) is 0.721. The summed E-state index contributed by atoms with van der Waals surface area (Å²) in [6.45, 7) is 4.39. The van der Waals surface area contributed by atoms with Gasteiger partial charge >= 0.3 is 0 Å². The smallest absolute Gasteiger partial charge is 0.244 e. The summed E-state index contributed by atoms with van der Waals surface area (Å²) in [6.07, 6.45) is 1.13. The number of rotatable bonds is 7. The molecule has 3 rings (SSSR count). The average molecular weight is 437 g/mol. The Morgan fingerprint density at radius 1 is 1.17 bits per heavy atom. The molecule has 1 heterocycles. The van der Waals surface area contributed by atoms with E-state index in [1.165, 1.54) is 18.2 Å². The minimum Gasteiger partial charge on any atom is -0.486 e. The Labute approximate surface area is 175 Å². The van der Waals surface area contributed by atoms with Gasteiger partial charge in [0.05, 0.1) is 18.0 Å². The van der Waals surface area contributed by atoms with Gasteiger partial charge in [0.25, 0.3) is 0 Å². The maximum Gasteiger partial charge on any atom is 0.244 e. The van der Waals surface area contributed by atoms with Crippen LogP contribution >= 0.6 is 0 Å². The lowest BCUT2D eigenvalue weighted by atomic mass is 10.1. The van der Waals surface area contributed by atoms with E-state index in [-0.39, 0.29) is 12.1 Å². The van der Waals surface area contributed by atoms with Gasteiger partial charge < -0.3 is 14.8 Å². The Morgan fingerprint density at radius 2 is 1.83 bits per heavy atom. The number of hydrogen-bond donors (Lipinski definition) is 1. The zero-order valence-corrected chi connectivity index (χ0v) is 17.9. The van der Waals surface area contributed by atoms with E-state index in [0.717, 1.165) is 22.2 Å². The number of fused-ring (bicyclic) bond motifs is 1. The second kappa shape index (κ2) is 8.91. The van der Waals surface area contributed by atoms with Crippen molar-refractivity contribution in [1.29, 1.82) is 0 Å². The highest BCUT2D eigenvalue weighted by atomic mass is 32.2. The van der Waals surface area contributed by atoms with Gasteiger partial charge in [0, 0.05) is 0 Å². The van der Waals surface area contributed by atoms with Crippen molar-refractivity contribution in [3.05, 3.63) is 53.8 Å². The molecule has 30 heavy (non-hydrogen) atoms. The van der Waals surface area contributed by atoms with Crippen molar-refractivity contribution in [2.45, 2.75) is 32.4 Å². The van der Waals surface area contributed by atoms with E-state index in [0.29, 0.717) is 24.7 Å². The van der Waals surface area contributed by atoms with Crippen LogP contribution in [0.15, 0.2) is 42.5 Å². The van der Waals surface area contributed by atoms with Crippen LogP contribution in [-0.2, 0) is 14.8 Å². The van der Waals surface area contributed by atoms with Crippen LogP contribution in [0.3, 0.4) is 0 Å². The van der Waals surface area contributed by atoms with Crippen molar-refractivity contribution in [3.8, 4) is 11.5 Å². The molecule has 0 spiro atoms. The summed E-state index contributed by atoms with van der Waals surface area (Å²) in [5, 5.41) is 2.83. The average Bonchev–Trinajstić information content (AvgIpc) is 2.71. The van der Waals surface area contributed by atoms with Gasteiger partial charge in [-0.3, -0.25) is 9.10 Å². The van der Waals surface area contributed by atoms with Gasteiger partial charge in [-0.1, -0.05) is 25.1 Å². The van der Waals surface area contributed by atoms with E-state index in [9.17, 15) is 17.6 Å². The summed E-state index contributed by atoms with van der Waals surface area (Å²) in [7, 11) is -3.91. The molecule has 9 heteroatoms. The number of benzene rings is 2. The number of amides is 1. The van der Waals surface area contributed by atoms with Crippen molar-refractivity contribution in [2.24, 2.45) is 0 Å². The van der Waals surface area contributed by atoms with Crippen LogP contribution in [0.25, 0.3) is 0 Å². The molecule has 0 radical (unpaired) electrons. The number of anilines is 1. The van der Waals surface area contributed by atoms with Crippen molar-refractivity contribution in [2.75, 3.05) is 23.8 Å². The molecule has 2 aromatic carbocycles. The van der Waals surface area contributed by atoms with Gasteiger partial charge in [0.1, 0.15) is 25.1 Å². The normalized spacial score (nSPS) is 15.2. The maximum atomic E-state index is 14.4. The molecule has 1 aliphatic rings. The number of ether oxygens (including phenoxy) is 2. The number of nitrogens with one attached hydrogen (secondary N) is 1. The highest BCUT2D eigenvalue weighted by Crippen LogP contribution is 2.33. The van der Waals surface area contributed by atoms with Crippen molar-refractivity contribution >= 4 is 21.6 Å². The minimum absolute atomic E-state index is 0.158. The lowest BCUT2D eigenvalue weighted by Gasteiger charge is -2.31. The van der Waals surface area contributed by atoms with Gasteiger partial charge in [-0.15, -0.1) is 0 Å². The summed E-state index contributed by atoms with van der Waals surface area (Å²) in [5.74, 6) is -0.00333. The van der Waals surface area contributed by atoms with Crippen LogP contribution < -0.4 is 19.1 Å². The zero-order valence-electron chi connectivity index (χ0n) is 17.1. The third kappa shape index (κ3) is 4.67. The van der Waals surface area contributed by atoms with E-state index in [1.807, 2.05) is 6.07 Å². The minimum atomic E-state index is -3.91. The molecule has 1 amide bonds. The Morgan fingerprint density at radius 3 is 2.47 bits per heavy atom. The molecule has 0 saturated heterocycles. The molecule has 1 aliphatic heterocycles. The standard InChI is InChI=1S/C21H25FN2O5S/c1-4-17(24(30(3,26)27)18-8-6-5-7-16(18)22)21(25)23-14(2)15-9-10-19-20(13-15)29-12-11-28-19/h5-10,13-14,17H,4,11-12H2,1-3H3,(H,23,25)/t14-,17+/m1/s1. The third-order valence-corrected chi connectivity index (χ3v) is 6.01. The first-order valence-electron chi connectivity index (χ1n) is 9.66. The number of halogens is 1. The molecule has 0 bridgehead atoms. The summed E-state index contributed by atoms with van der Waals surface area (Å²) in [6, 6.07) is 9.33. The van der Waals surface area contributed by atoms with Crippen LogP contribution in [-0.4, -0.2) is 39.8 Å². The monoisotopic (exact) mass is 436 g/mol. The highest BCUT2D eigenvalue weighted by molar-refractivity contribution is 7.92. The highest BCUT2D eigenvalue weighted by Gasteiger charge is 2.33. The third-order valence-electron chi connectivity index (χ3n) is 4.84. The lowest BCUT2D eigenvalue weighted by molar-refractivity contribution is -0.122. The molecule has 0 unspecified atom stereocenters. The van der Waals surface area contributed by atoms with Gasteiger partial charge in [-0.05, 0) is 43.2 Å². The van der Waals surface area contributed by atoms with Gasteiger partial charge in [0.2, 0.25) is 15.9 Å². The molecule has 1 N–H and O–H groups in total. The second-order valence-electron chi connectivity index (χ2n) is 7.07. The number of carbonyl (C=O) groups is 1. The van der Waals surface area contributed by atoms with Crippen LogP contribution in [0, 0.1) is 5.82 Å². The van der Waals surface area contributed by atoms with E-state index in [2.05, 4.69) is 5.32 Å². The number of carbonyl (C=O) groups excluding carboxylic acids is 1. The van der Waals surface area contributed by atoms with Gasteiger partial charge in [-0.25, -0.2) is 12.8 Å². The summed E-state index contributed by atoms with van der Waals surface area (Å²) >= 11 is 0. The fourth-order valence-corrected chi connectivity index (χ4v) is 4.60. The molecule has 162 valence electrons. The molecule has 0 aliphatic carbocycles. The molecule has 7 nitrogen and oxygen atoms in total.